The molecule has 2 rings (SSSR count). The van der Waals surface area contributed by atoms with Gasteiger partial charge in [-0.1, -0.05) is 41.9 Å². The lowest BCUT2D eigenvalue weighted by molar-refractivity contribution is -0.144. The summed E-state index contributed by atoms with van der Waals surface area (Å²) < 4.78 is 5.56. The molecular weight excluding hydrogens is 258 g/mol. The van der Waals surface area contributed by atoms with Crippen LogP contribution in [0.1, 0.15) is 11.3 Å². The van der Waals surface area contributed by atoms with E-state index in [-0.39, 0.29) is 19.0 Å². The first-order valence-electron chi connectivity index (χ1n) is 5.03. The molecule has 0 radical (unpaired) electrons. The maximum Gasteiger partial charge on any atom is 0.312 e. The molecule has 1 aromatic carbocycles. The first kappa shape index (κ1) is 12.1. The van der Waals surface area contributed by atoms with Crippen molar-refractivity contribution >= 4 is 28.9 Å². The highest BCUT2D eigenvalue weighted by Crippen LogP contribution is 2.15. The zero-order chi connectivity index (χ0) is 12.1. The zero-order valence-electron chi connectivity index (χ0n) is 8.93. The van der Waals surface area contributed by atoms with Crippen LogP contribution in [-0.4, -0.2) is 11.0 Å². The van der Waals surface area contributed by atoms with Gasteiger partial charge in [0.15, 0.2) is 4.47 Å². The average Bonchev–Trinajstić information content (AvgIpc) is 2.73. The molecule has 0 aliphatic carbocycles. The van der Waals surface area contributed by atoms with Crippen molar-refractivity contribution in [2.45, 2.75) is 13.0 Å². The van der Waals surface area contributed by atoms with Crippen molar-refractivity contribution in [2.24, 2.45) is 0 Å². The maximum atomic E-state index is 11.5. The van der Waals surface area contributed by atoms with Crippen molar-refractivity contribution < 1.29 is 9.53 Å². The molecule has 5 heteroatoms. The molecule has 0 unspecified atom stereocenters. The Kier molecular flexibility index (Phi) is 4.12. The van der Waals surface area contributed by atoms with Crippen molar-refractivity contribution in [3.8, 4) is 0 Å². The molecule has 0 spiro atoms. The van der Waals surface area contributed by atoms with Gasteiger partial charge in [0, 0.05) is 5.38 Å². The van der Waals surface area contributed by atoms with Crippen LogP contribution >= 0.6 is 22.9 Å². The third-order valence-electron chi connectivity index (χ3n) is 2.09. The summed E-state index contributed by atoms with van der Waals surface area (Å²) in [5.41, 5.74) is 1.62. The van der Waals surface area contributed by atoms with E-state index in [0.29, 0.717) is 10.2 Å². The fourth-order valence-electron chi connectivity index (χ4n) is 1.30. The number of ether oxygens (including phenoxy) is 1. The van der Waals surface area contributed by atoms with Crippen molar-refractivity contribution in [2.75, 3.05) is 0 Å². The molecular formula is C12H10ClNO2S. The van der Waals surface area contributed by atoms with Crippen LogP contribution in [0.4, 0.5) is 0 Å². The van der Waals surface area contributed by atoms with E-state index in [1.807, 2.05) is 30.3 Å². The summed E-state index contributed by atoms with van der Waals surface area (Å²) in [5.74, 6) is -0.296. The third-order valence-corrected chi connectivity index (χ3v) is 3.12. The highest BCUT2D eigenvalue weighted by molar-refractivity contribution is 7.13. The Hall–Kier alpha value is -1.39. The number of carbonyl (C=O) groups excluding carboxylic acids is 1. The second-order valence-electron chi connectivity index (χ2n) is 3.41. The van der Waals surface area contributed by atoms with Gasteiger partial charge in [0.25, 0.3) is 0 Å². The van der Waals surface area contributed by atoms with Gasteiger partial charge in [-0.25, -0.2) is 4.98 Å². The minimum absolute atomic E-state index is 0.163. The standard InChI is InChI=1S/C12H10ClNO2S/c13-12-14-10(8-17-12)6-11(15)16-7-9-4-2-1-3-5-9/h1-5,8H,6-7H2. The minimum Gasteiger partial charge on any atom is -0.461 e. The number of hydrogen-bond acceptors (Lipinski definition) is 4. The van der Waals surface area contributed by atoms with Gasteiger partial charge in [-0.05, 0) is 5.56 Å². The fraction of sp³-hybridized carbons (Fsp3) is 0.167. The van der Waals surface area contributed by atoms with Gasteiger partial charge in [-0.3, -0.25) is 4.79 Å². The van der Waals surface area contributed by atoms with E-state index in [9.17, 15) is 4.79 Å². The van der Waals surface area contributed by atoms with Gasteiger partial charge in [-0.2, -0.15) is 0 Å². The van der Waals surface area contributed by atoms with Crippen LogP contribution in [0.3, 0.4) is 0 Å². The quantitative estimate of drug-likeness (QED) is 0.799. The third kappa shape index (κ3) is 3.84. The Morgan fingerprint density at radius 3 is 2.76 bits per heavy atom. The summed E-state index contributed by atoms with van der Waals surface area (Å²) in [6.07, 6.45) is 0.163. The minimum atomic E-state index is -0.296. The Morgan fingerprint density at radius 2 is 2.12 bits per heavy atom. The molecule has 0 bridgehead atoms. The SMILES string of the molecule is O=C(Cc1csc(Cl)n1)OCc1ccccc1. The predicted molar refractivity (Wildman–Crippen MR) is 67.1 cm³/mol. The molecule has 3 nitrogen and oxygen atoms in total. The monoisotopic (exact) mass is 267 g/mol. The number of esters is 1. The molecule has 0 aliphatic heterocycles. The predicted octanol–water partition coefficient (Wildman–Crippen LogP) is 3.08. The number of nitrogens with zero attached hydrogens (tertiary/aromatic N) is 1. The van der Waals surface area contributed by atoms with Crippen LogP contribution in [0.5, 0.6) is 0 Å². The van der Waals surface area contributed by atoms with E-state index in [2.05, 4.69) is 4.98 Å². The van der Waals surface area contributed by atoms with Gasteiger partial charge >= 0.3 is 5.97 Å². The van der Waals surface area contributed by atoms with Crippen molar-refractivity contribution in [3.05, 3.63) is 51.4 Å². The Morgan fingerprint density at radius 1 is 1.35 bits per heavy atom. The van der Waals surface area contributed by atoms with Gasteiger partial charge < -0.3 is 4.74 Å². The van der Waals surface area contributed by atoms with Crippen LogP contribution in [0.15, 0.2) is 35.7 Å². The lowest BCUT2D eigenvalue weighted by atomic mass is 10.2. The van der Waals surface area contributed by atoms with Gasteiger partial charge in [0.2, 0.25) is 0 Å². The molecule has 88 valence electrons. The highest BCUT2D eigenvalue weighted by Gasteiger charge is 2.08. The molecule has 17 heavy (non-hydrogen) atoms. The molecule has 0 aliphatic rings. The highest BCUT2D eigenvalue weighted by atomic mass is 35.5. The Balaban J connectivity index is 1.82. The molecule has 0 amide bonds. The lowest BCUT2D eigenvalue weighted by Gasteiger charge is -2.03. The molecule has 0 fully saturated rings. The van der Waals surface area contributed by atoms with Gasteiger partial charge in [0.05, 0.1) is 12.1 Å². The van der Waals surface area contributed by atoms with E-state index in [1.54, 1.807) is 5.38 Å². The summed E-state index contributed by atoms with van der Waals surface area (Å²) in [6.45, 7) is 0.289. The van der Waals surface area contributed by atoms with E-state index >= 15 is 0 Å². The van der Waals surface area contributed by atoms with Crippen molar-refractivity contribution in [1.29, 1.82) is 0 Å². The topological polar surface area (TPSA) is 39.2 Å². The maximum absolute atomic E-state index is 11.5. The molecule has 1 aromatic heterocycles. The van der Waals surface area contributed by atoms with Gasteiger partial charge in [-0.15, -0.1) is 11.3 Å². The number of aromatic nitrogens is 1. The zero-order valence-corrected chi connectivity index (χ0v) is 10.5. The Labute approximate surface area is 108 Å². The van der Waals surface area contributed by atoms with E-state index in [0.717, 1.165) is 5.56 Å². The second-order valence-corrected chi connectivity index (χ2v) is 4.86. The molecule has 0 atom stereocenters. The summed E-state index contributed by atoms with van der Waals surface area (Å²) >= 11 is 6.98. The molecule has 0 saturated carbocycles. The van der Waals surface area contributed by atoms with E-state index < -0.39 is 0 Å². The van der Waals surface area contributed by atoms with E-state index in [4.69, 9.17) is 16.3 Å². The van der Waals surface area contributed by atoms with Crippen molar-refractivity contribution in [1.82, 2.24) is 4.98 Å². The average molecular weight is 268 g/mol. The largest absolute Gasteiger partial charge is 0.461 e. The number of benzene rings is 1. The van der Waals surface area contributed by atoms with Crippen LogP contribution < -0.4 is 0 Å². The lowest BCUT2D eigenvalue weighted by Crippen LogP contribution is -2.08. The summed E-state index contributed by atoms with van der Waals surface area (Å²) in [6, 6.07) is 9.55. The smallest absolute Gasteiger partial charge is 0.312 e. The summed E-state index contributed by atoms with van der Waals surface area (Å²) in [7, 11) is 0. The molecule has 0 N–H and O–H groups in total. The summed E-state index contributed by atoms with van der Waals surface area (Å²) in [5, 5.41) is 1.76. The number of carbonyl (C=O) groups is 1. The van der Waals surface area contributed by atoms with Gasteiger partial charge in [0.1, 0.15) is 6.61 Å². The van der Waals surface area contributed by atoms with Crippen LogP contribution in [0.2, 0.25) is 4.47 Å². The van der Waals surface area contributed by atoms with Crippen LogP contribution in [-0.2, 0) is 22.6 Å². The Bertz CT molecular complexity index is 498. The van der Waals surface area contributed by atoms with Crippen molar-refractivity contribution in [3.63, 3.8) is 0 Å². The normalized spacial score (nSPS) is 10.2. The number of hydrogen-bond donors (Lipinski definition) is 0. The number of thiazole rings is 1. The van der Waals surface area contributed by atoms with Crippen LogP contribution in [0, 0.1) is 0 Å². The number of rotatable bonds is 4. The molecule has 2 aromatic rings. The molecule has 0 saturated heterocycles. The van der Waals surface area contributed by atoms with E-state index in [1.165, 1.54) is 11.3 Å². The van der Waals surface area contributed by atoms with Crippen LogP contribution in [0.25, 0.3) is 0 Å². The fourth-order valence-corrected chi connectivity index (χ4v) is 2.08. The summed E-state index contributed by atoms with van der Waals surface area (Å²) in [4.78, 5) is 15.5. The number of halogens is 1. The first-order chi connectivity index (χ1) is 8.24. The second kappa shape index (κ2) is 5.80. The molecule has 1 heterocycles. The first-order valence-corrected chi connectivity index (χ1v) is 6.29.